The van der Waals surface area contributed by atoms with Gasteiger partial charge in [-0.05, 0) is 11.4 Å². The highest BCUT2D eigenvalue weighted by molar-refractivity contribution is 7.09. The molecular formula is C8H7NOS2. The zero-order valence-electron chi connectivity index (χ0n) is 6.27. The first-order valence-electron chi connectivity index (χ1n) is 3.48. The monoisotopic (exact) mass is 197 g/mol. The van der Waals surface area contributed by atoms with Crippen molar-refractivity contribution in [2.45, 2.75) is 6.61 Å². The Hall–Kier alpha value is -0.870. The summed E-state index contributed by atoms with van der Waals surface area (Å²) in [6.07, 6.45) is 0. The molecular weight excluding hydrogens is 190 g/mol. The summed E-state index contributed by atoms with van der Waals surface area (Å²) in [4.78, 5) is 5.24. The standard InChI is InChI=1S/C8H7NOS2/c1-2-7(12-3-1)4-10-8-5-11-6-9-8/h1-3,5-6H,4H2. The highest BCUT2D eigenvalue weighted by Gasteiger charge is 1.96. The Morgan fingerprint density at radius 2 is 2.50 bits per heavy atom. The molecule has 0 saturated carbocycles. The fourth-order valence-electron chi connectivity index (χ4n) is 0.813. The summed E-state index contributed by atoms with van der Waals surface area (Å²) in [5.41, 5.74) is 1.77. The van der Waals surface area contributed by atoms with Crippen LogP contribution in [0, 0.1) is 0 Å². The molecule has 0 radical (unpaired) electrons. The lowest BCUT2D eigenvalue weighted by molar-refractivity contribution is 0.299. The van der Waals surface area contributed by atoms with E-state index in [1.165, 1.54) is 4.88 Å². The van der Waals surface area contributed by atoms with Crippen LogP contribution < -0.4 is 4.74 Å². The van der Waals surface area contributed by atoms with Crippen LogP contribution in [0.4, 0.5) is 0 Å². The van der Waals surface area contributed by atoms with Crippen LogP contribution in [0.25, 0.3) is 0 Å². The van der Waals surface area contributed by atoms with E-state index in [0.717, 1.165) is 0 Å². The van der Waals surface area contributed by atoms with Crippen molar-refractivity contribution in [3.8, 4) is 5.88 Å². The molecule has 0 aliphatic rings. The maximum Gasteiger partial charge on any atom is 0.224 e. The predicted molar refractivity (Wildman–Crippen MR) is 50.8 cm³/mol. The van der Waals surface area contributed by atoms with Gasteiger partial charge in [-0.15, -0.1) is 22.7 Å². The molecule has 0 bridgehead atoms. The quantitative estimate of drug-likeness (QED) is 0.754. The van der Waals surface area contributed by atoms with Gasteiger partial charge in [0.25, 0.3) is 0 Å². The molecule has 4 heteroatoms. The third-order valence-corrected chi connectivity index (χ3v) is 2.77. The number of thiophene rings is 1. The van der Waals surface area contributed by atoms with E-state index >= 15 is 0 Å². The predicted octanol–water partition coefficient (Wildman–Crippen LogP) is 2.78. The van der Waals surface area contributed by atoms with E-state index in [2.05, 4.69) is 11.1 Å². The second-order valence-corrected chi connectivity index (χ2v) is 3.95. The minimum absolute atomic E-state index is 0.626. The normalized spacial score (nSPS) is 10.0. The van der Waals surface area contributed by atoms with Gasteiger partial charge in [0.2, 0.25) is 5.88 Å². The molecule has 2 aromatic rings. The Kier molecular flexibility index (Phi) is 2.39. The Morgan fingerprint density at radius 3 is 3.17 bits per heavy atom. The molecule has 0 aliphatic heterocycles. The molecule has 0 atom stereocenters. The van der Waals surface area contributed by atoms with Gasteiger partial charge < -0.3 is 4.74 Å². The van der Waals surface area contributed by atoms with Crippen molar-refractivity contribution in [3.05, 3.63) is 33.3 Å². The molecule has 0 aliphatic carbocycles. The Balaban J connectivity index is 1.91. The maximum atomic E-state index is 5.40. The first-order chi connectivity index (χ1) is 5.95. The molecule has 2 nitrogen and oxygen atoms in total. The van der Waals surface area contributed by atoms with Gasteiger partial charge in [0.05, 0.1) is 10.9 Å². The van der Waals surface area contributed by atoms with Crippen molar-refractivity contribution in [1.82, 2.24) is 4.98 Å². The molecule has 0 amide bonds. The number of hydrogen-bond acceptors (Lipinski definition) is 4. The molecule has 2 aromatic heterocycles. The van der Waals surface area contributed by atoms with E-state index in [9.17, 15) is 0 Å². The fourth-order valence-corrected chi connectivity index (χ4v) is 1.90. The topological polar surface area (TPSA) is 22.1 Å². The number of aromatic nitrogens is 1. The number of thiazole rings is 1. The van der Waals surface area contributed by atoms with Gasteiger partial charge in [-0.25, -0.2) is 4.98 Å². The third kappa shape index (κ3) is 1.84. The van der Waals surface area contributed by atoms with E-state index in [-0.39, 0.29) is 0 Å². The summed E-state index contributed by atoms with van der Waals surface area (Å²) in [7, 11) is 0. The van der Waals surface area contributed by atoms with E-state index < -0.39 is 0 Å². The van der Waals surface area contributed by atoms with Crippen LogP contribution in [0.3, 0.4) is 0 Å². The van der Waals surface area contributed by atoms with Gasteiger partial charge >= 0.3 is 0 Å². The van der Waals surface area contributed by atoms with E-state index in [1.807, 2.05) is 16.8 Å². The minimum atomic E-state index is 0.626. The van der Waals surface area contributed by atoms with Crippen LogP contribution in [0.2, 0.25) is 0 Å². The Morgan fingerprint density at radius 1 is 1.50 bits per heavy atom. The Labute approximate surface area is 78.5 Å². The molecule has 62 valence electrons. The summed E-state index contributed by atoms with van der Waals surface area (Å²) >= 11 is 3.24. The Bertz CT molecular complexity index is 280. The van der Waals surface area contributed by atoms with Crippen molar-refractivity contribution in [3.63, 3.8) is 0 Å². The number of nitrogens with zero attached hydrogens (tertiary/aromatic N) is 1. The zero-order chi connectivity index (χ0) is 8.23. The summed E-state index contributed by atoms with van der Waals surface area (Å²) in [6, 6.07) is 4.07. The van der Waals surface area contributed by atoms with Crippen LogP contribution in [-0.2, 0) is 6.61 Å². The number of ether oxygens (including phenoxy) is 1. The van der Waals surface area contributed by atoms with Crippen LogP contribution in [0.5, 0.6) is 5.88 Å². The summed E-state index contributed by atoms with van der Waals surface area (Å²) in [5.74, 6) is 0.716. The summed E-state index contributed by atoms with van der Waals surface area (Å²) < 4.78 is 5.40. The summed E-state index contributed by atoms with van der Waals surface area (Å²) in [5, 5.41) is 3.94. The molecule has 0 N–H and O–H groups in total. The molecule has 2 heterocycles. The van der Waals surface area contributed by atoms with Gasteiger partial charge in [-0.2, -0.15) is 0 Å². The number of rotatable bonds is 3. The summed E-state index contributed by atoms with van der Waals surface area (Å²) in [6.45, 7) is 0.626. The van der Waals surface area contributed by atoms with Crippen molar-refractivity contribution in [2.75, 3.05) is 0 Å². The van der Waals surface area contributed by atoms with Crippen LogP contribution >= 0.6 is 22.7 Å². The minimum Gasteiger partial charge on any atom is -0.471 e. The second-order valence-electron chi connectivity index (χ2n) is 2.19. The van der Waals surface area contributed by atoms with Crippen molar-refractivity contribution >= 4 is 22.7 Å². The maximum absolute atomic E-state index is 5.40. The second kappa shape index (κ2) is 3.69. The van der Waals surface area contributed by atoms with Gasteiger partial charge in [0.15, 0.2) is 0 Å². The van der Waals surface area contributed by atoms with Crippen LogP contribution in [-0.4, -0.2) is 4.98 Å². The average molecular weight is 197 g/mol. The molecule has 12 heavy (non-hydrogen) atoms. The van der Waals surface area contributed by atoms with Gasteiger partial charge in [0.1, 0.15) is 6.61 Å². The molecule has 2 rings (SSSR count). The first-order valence-corrected chi connectivity index (χ1v) is 5.31. The first kappa shape index (κ1) is 7.76. The van der Waals surface area contributed by atoms with E-state index in [4.69, 9.17) is 4.74 Å². The number of hydrogen-bond donors (Lipinski definition) is 0. The van der Waals surface area contributed by atoms with Crippen molar-refractivity contribution in [2.24, 2.45) is 0 Å². The van der Waals surface area contributed by atoms with Crippen LogP contribution in [0.15, 0.2) is 28.4 Å². The SMILES string of the molecule is c1csc(COc2cscn2)c1. The molecule has 0 aromatic carbocycles. The lowest BCUT2D eigenvalue weighted by atomic mass is 10.5. The molecule has 0 fully saturated rings. The largest absolute Gasteiger partial charge is 0.471 e. The van der Waals surface area contributed by atoms with Gasteiger partial charge in [-0.3, -0.25) is 0 Å². The lowest BCUT2D eigenvalue weighted by Crippen LogP contribution is -1.91. The van der Waals surface area contributed by atoms with Crippen molar-refractivity contribution < 1.29 is 4.74 Å². The van der Waals surface area contributed by atoms with Crippen molar-refractivity contribution in [1.29, 1.82) is 0 Å². The molecule has 0 saturated heterocycles. The highest BCUT2D eigenvalue weighted by atomic mass is 32.1. The fraction of sp³-hybridized carbons (Fsp3) is 0.125. The lowest BCUT2D eigenvalue weighted by Gasteiger charge is -1.98. The average Bonchev–Trinajstić information content (AvgIpc) is 2.74. The smallest absolute Gasteiger partial charge is 0.224 e. The van der Waals surface area contributed by atoms with Gasteiger partial charge in [-0.1, -0.05) is 6.07 Å². The van der Waals surface area contributed by atoms with E-state index in [0.29, 0.717) is 12.5 Å². The third-order valence-electron chi connectivity index (χ3n) is 1.35. The van der Waals surface area contributed by atoms with Crippen LogP contribution in [0.1, 0.15) is 4.88 Å². The molecule has 0 unspecified atom stereocenters. The van der Waals surface area contributed by atoms with E-state index in [1.54, 1.807) is 28.2 Å². The molecule has 0 spiro atoms. The van der Waals surface area contributed by atoms with Gasteiger partial charge in [0, 0.05) is 4.88 Å². The zero-order valence-corrected chi connectivity index (χ0v) is 7.90. The highest BCUT2D eigenvalue weighted by Crippen LogP contribution is 2.14.